The van der Waals surface area contributed by atoms with Gasteiger partial charge in [0.15, 0.2) is 0 Å². The van der Waals surface area contributed by atoms with E-state index in [4.69, 9.17) is 9.47 Å². The Labute approximate surface area is 237 Å². The van der Waals surface area contributed by atoms with Crippen molar-refractivity contribution in [3.8, 4) is 17.2 Å². The first-order chi connectivity index (χ1) is 19.1. The zero-order chi connectivity index (χ0) is 28.9. The summed E-state index contributed by atoms with van der Waals surface area (Å²) in [6.07, 6.45) is 2.92. The molecule has 1 amide bonds. The molecule has 1 saturated heterocycles. The lowest BCUT2D eigenvalue weighted by Gasteiger charge is -2.23. The van der Waals surface area contributed by atoms with Crippen molar-refractivity contribution in [1.82, 2.24) is 14.8 Å². The Bertz CT molecular complexity index is 1330. The number of methoxy groups -OCH3 is 1. The first-order valence-electron chi connectivity index (χ1n) is 13.9. The van der Waals surface area contributed by atoms with E-state index in [0.29, 0.717) is 34.1 Å². The van der Waals surface area contributed by atoms with Gasteiger partial charge in [-0.2, -0.15) is 0 Å². The molecule has 0 unspecified atom stereocenters. The van der Waals surface area contributed by atoms with Crippen LogP contribution < -0.4 is 14.8 Å². The number of nitrogens with zero attached hydrogens (tertiary/aromatic N) is 3. The fourth-order valence-electron chi connectivity index (χ4n) is 4.84. The number of rotatable bonds is 8. The van der Waals surface area contributed by atoms with Crippen LogP contribution >= 0.6 is 0 Å². The number of benzene rings is 2. The zero-order valence-electron chi connectivity index (χ0n) is 24.6. The van der Waals surface area contributed by atoms with Crippen LogP contribution in [-0.2, 0) is 18.6 Å². The Morgan fingerprint density at radius 3 is 2.60 bits per heavy atom. The van der Waals surface area contributed by atoms with E-state index in [2.05, 4.69) is 47.9 Å². The van der Waals surface area contributed by atoms with Gasteiger partial charge in [-0.1, -0.05) is 26.8 Å². The van der Waals surface area contributed by atoms with Crippen molar-refractivity contribution in [3.05, 3.63) is 76.6 Å². The fourth-order valence-corrected chi connectivity index (χ4v) is 4.84. The second-order valence-electron chi connectivity index (χ2n) is 11.6. The van der Waals surface area contributed by atoms with Gasteiger partial charge in [0, 0.05) is 43.0 Å². The van der Waals surface area contributed by atoms with E-state index in [1.165, 1.54) is 7.11 Å². The van der Waals surface area contributed by atoms with Crippen LogP contribution in [0.5, 0.6) is 17.2 Å². The van der Waals surface area contributed by atoms with Crippen LogP contribution in [-0.4, -0.2) is 66.1 Å². The highest BCUT2D eigenvalue weighted by Crippen LogP contribution is 2.36. The number of anilines is 1. The molecule has 1 aliphatic rings. The summed E-state index contributed by atoms with van der Waals surface area (Å²) in [5, 5.41) is 12.9. The van der Waals surface area contributed by atoms with Gasteiger partial charge in [-0.25, -0.2) is 0 Å². The number of hydrogen-bond donors (Lipinski definition) is 2. The molecule has 0 radical (unpaired) electrons. The number of ether oxygens (including phenoxy) is 2. The van der Waals surface area contributed by atoms with Gasteiger partial charge in [0.05, 0.1) is 25.1 Å². The maximum absolute atomic E-state index is 13.4. The zero-order valence-corrected chi connectivity index (χ0v) is 24.6. The minimum absolute atomic E-state index is 0.173. The van der Waals surface area contributed by atoms with Crippen molar-refractivity contribution >= 4 is 11.6 Å². The van der Waals surface area contributed by atoms with E-state index < -0.39 is 0 Å². The Morgan fingerprint density at radius 1 is 1.07 bits per heavy atom. The van der Waals surface area contributed by atoms with Crippen LogP contribution in [0.3, 0.4) is 0 Å². The summed E-state index contributed by atoms with van der Waals surface area (Å²) in [5.41, 5.74) is 4.29. The van der Waals surface area contributed by atoms with Crippen LogP contribution in [0.25, 0.3) is 0 Å². The number of carbonyl (C=O) groups is 1. The highest BCUT2D eigenvalue weighted by atomic mass is 16.5. The summed E-state index contributed by atoms with van der Waals surface area (Å²) < 4.78 is 11.8. The van der Waals surface area contributed by atoms with Crippen molar-refractivity contribution < 1.29 is 19.4 Å². The van der Waals surface area contributed by atoms with E-state index in [0.717, 1.165) is 56.0 Å². The van der Waals surface area contributed by atoms with Gasteiger partial charge in [-0.3, -0.25) is 14.7 Å². The lowest BCUT2D eigenvalue weighted by atomic mass is 9.85. The van der Waals surface area contributed by atoms with E-state index >= 15 is 0 Å². The molecule has 4 rings (SSSR count). The molecule has 8 nitrogen and oxygen atoms in total. The maximum Gasteiger partial charge on any atom is 0.255 e. The molecule has 2 aromatic carbocycles. The van der Waals surface area contributed by atoms with E-state index in [1.54, 1.807) is 18.3 Å². The summed E-state index contributed by atoms with van der Waals surface area (Å²) >= 11 is 0. The highest BCUT2D eigenvalue weighted by molar-refractivity contribution is 6.05. The molecule has 1 aliphatic heterocycles. The first kappa shape index (κ1) is 29.5. The normalized spacial score (nSPS) is 15.0. The van der Waals surface area contributed by atoms with E-state index in [9.17, 15) is 9.90 Å². The summed E-state index contributed by atoms with van der Waals surface area (Å²) in [4.78, 5) is 22.7. The third-order valence-corrected chi connectivity index (χ3v) is 7.32. The monoisotopic (exact) mass is 546 g/mol. The standard InChI is InChI=1S/C32H42N4O4/c1-22-8-9-23(31(38)34-28-18-25(32(2,3)4)16-24(21-37)30(28)39-6)17-29(22)40-27-10-11-33-26(19-27)20-36-13-7-12-35(5)14-15-36/h8-11,16-19,37H,7,12-15,20-21H2,1-6H3,(H,34,38). The SMILES string of the molecule is COc1c(CO)cc(C(C)(C)C)cc1NC(=O)c1ccc(C)c(Oc2ccnc(CN3CCCN(C)CC3)c2)c1. The van der Waals surface area contributed by atoms with Gasteiger partial charge >= 0.3 is 0 Å². The molecule has 1 fully saturated rings. The second kappa shape index (κ2) is 12.8. The molecule has 2 heterocycles. The molecule has 0 aliphatic carbocycles. The third kappa shape index (κ3) is 7.38. The number of aliphatic hydroxyl groups is 1. The molecule has 214 valence electrons. The number of carbonyl (C=O) groups excluding carboxylic acids is 1. The number of aliphatic hydroxyl groups excluding tert-OH is 1. The number of nitrogens with one attached hydrogen (secondary N) is 1. The predicted octanol–water partition coefficient (Wildman–Crippen LogP) is 5.37. The summed E-state index contributed by atoms with van der Waals surface area (Å²) in [6.45, 7) is 13.0. The number of likely N-dealkylation sites (N-methyl/N-ethyl adjacent to an activating group) is 1. The van der Waals surface area contributed by atoms with Crippen molar-refractivity contribution in [2.24, 2.45) is 0 Å². The van der Waals surface area contributed by atoms with E-state index in [-0.39, 0.29) is 17.9 Å². The number of pyridine rings is 1. The van der Waals surface area contributed by atoms with E-state index in [1.807, 2.05) is 37.3 Å². The molecule has 0 saturated carbocycles. The van der Waals surface area contributed by atoms with Crippen LogP contribution in [0.2, 0.25) is 0 Å². The third-order valence-electron chi connectivity index (χ3n) is 7.32. The number of aromatic nitrogens is 1. The van der Waals surface area contributed by atoms with Crippen LogP contribution in [0.4, 0.5) is 5.69 Å². The van der Waals surface area contributed by atoms with Crippen LogP contribution in [0, 0.1) is 6.92 Å². The predicted molar refractivity (Wildman–Crippen MR) is 158 cm³/mol. The molecule has 3 aromatic rings. The molecule has 1 aromatic heterocycles. The van der Waals surface area contributed by atoms with Crippen molar-refractivity contribution in [3.63, 3.8) is 0 Å². The first-order valence-corrected chi connectivity index (χ1v) is 13.9. The molecule has 0 spiro atoms. The Kier molecular flexibility index (Phi) is 9.45. The van der Waals surface area contributed by atoms with Crippen molar-refractivity contribution in [1.29, 1.82) is 0 Å². The highest BCUT2D eigenvalue weighted by Gasteiger charge is 2.21. The Balaban J connectivity index is 1.53. The number of amides is 1. The van der Waals surface area contributed by atoms with Crippen LogP contribution in [0.15, 0.2) is 48.7 Å². The molecular formula is C32H42N4O4. The molecule has 0 atom stereocenters. The Hall–Kier alpha value is -3.46. The molecular weight excluding hydrogens is 504 g/mol. The quantitative estimate of drug-likeness (QED) is 0.393. The second-order valence-corrected chi connectivity index (χ2v) is 11.6. The minimum Gasteiger partial charge on any atom is -0.494 e. The van der Waals surface area contributed by atoms with Gasteiger partial charge in [0.25, 0.3) is 5.91 Å². The maximum atomic E-state index is 13.4. The average molecular weight is 547 g/mol. The van der Waals surface area contributed by atoms with Gasteiger partial charge in [0.1, 0.15) is 17.2 Å². The average Bonchev–Trinajstić information content (AvgIpc) is 3.12. The summed E-state index contributed by atoms with van der Waals surface area (Å²) in [6, 6.07) is 13.0. The van der Waals surface area contributed by atoms with Gasteiger partial charge < -0.3 is 24.8 Å². The molecule has 40 heavy (non-hydrogen) atoms. The fraction of sp³-hybridized carbons (Fsp3) is 0.438. The summed E-state index contributed by atoms with van der Waals surface area (Å²) in [5.74, 6) is 1.45. The molecule has 8 heteroatoms. The largest absolute Gasteiger partial charge is 0.494 e. The minimum atomic E-state index is -0.292. The van der Waals surface area contributed by atoms with Gasteiger partial charge in [-0.05, 0) is 80.4 Å². The molecule has 2 N–H and O–H groups in total. The van der Waals surface area contributed by atoms with Gasteiger partial charge in [0.2, 0.25) is 0 Å². The van der Waals surface area contributed by atoms with Crippen molar-refractivity contribution in [2.75, 3.05) is 45.7 Å². The Morgan fingerprint density at radius 2 is 1.88 bits per heavy atom. The molecule has 0 bridgehead atoms. The van der Waals surface area contributed by atoms with Crippen LogP contribution in [0.1, 0.15) is 59.9 Å². The number of aryl methyl sites for hydroxylation is 1. The lowest BCUT2D eigenvalue weighted by molar-refractivity contribution is 0.102. The number of hydrogen-bond acceptors (Lipinski definition) is 7. The van der Waals surface area contributed by atoms with Gasteiger partial charge in [-0.15, -0.1) is 0 Å². The van der Waals surface area contributed by atoms with Crippen molar-refractivity contribution in [2.45, 2.75) is 52.7 Å². The topological polar surface area (TPSA) is 87.2 Å². The smallest absolute Gasteiger partial charge is 0.255 e. The lowest BCUT2D eigenvalue weighted by Crippen LogP contribution is -2.28. The summed E-state index contributed by atoms with van der Waals surface area (Å²) in [7, 11) is 3.70.